The van der Waals surface area contributed by atoms with Gasteiger partial charge in [0.2, 0.25) is 5.91 Å². The van der Waals surface area contributed by atoms with Crippen LogP contribution >= 0.6 is 0 Å². The number of carbonyl (C=O) groups excluding carboxylic acids is 2. The predicted octanol–water partition coefficient (Wildman–Crippen LogP) is 4.24. The van der Waals surface area contributed by atoms with E-state index in [-0.39, 0.29) is 24.4 Å². The Balaban J connectivity index is 1.50. The molecule has 1 aliphatic heterocycles. The van der Waals surface area contributed by atoms with E-state index < -0.39 is 0 Å². The normalized spacial score (nSPS) is 13.9. The second kappa shape index (κ2) is 6.88. The molecule has 4 heteroatoms. The minimum atomic E-state index is -0.166. The van der Waals surface area contributed by atoms with Gasteiger partial charge in [-0.1, -0.05) is 55.5 Å². The number of nitrogens with one attached hydrogen (secondary N) is 1. The van der Waals surface area contributed by atoms with Crippen LogP contribution in [0.2, 0.25) is 0 Å². The van der Waals surface area contributed by atoms with Gasteiger partial charge in [0.05, 0.1) is 11.7 Å². The Morgan fingerprint density at radius 2 is 1.74 bits per heavy atom. The zero-order valence-corrected chi connectivity index (χ0v) is 15.5. The molecule has 3 aromatic rings. The first kappa shape index (κ1) is 17.3. The number of benzene rings is 3. The molecular formula is C23H22N2O2. The molecule has 3 aromatic carbocycles. The number of aryl methyl sites for hydroxylation is 1. The summed E-state index contributed by atoms with van der Waals surface area (Å²) in [6.07, 6.45) is 0.990. The zero-order valence-electron chi connectivity index (χ0n) is 15.5. The second-order valence-electron chi connectivity index (χ2n) is 6.96. The number of anilines is 1. The number of amides is 2. The van der Waals surface area contributed by atoms with Gasteiger partial charge >= 0.3 is 0 Å². The van der Waals surface area contributed by atoms with Crippen molar-refractivity contribution in [2.24, 2.45) is 0 Å². The molecule has 1 heterocycles. The molecule has 0 spiro atoms. The Bertz CT molecular complexity index is 1020. The molecule has 1 atom stereocenters. The molecule has 0 aliphatic carbocycles. The molecule has 0 saturated heterocycles. The van der Waals surface area contributed by atoms with Crippen molar-refractivity contribution in [2.45, 2.75) is 26.3 Å². The molecule has 0 fully saturated rings. The fraction of sp³-hybridized carbons (Fsp3) is 0.217. The third kappa shape index (κ3) is 3.08. The van der Waals surface area contributed by atoms with Gasteiger partial charge in [0, 0.05) is 10.9 Å². The van der Waals surface area contributed by atoms with Crippen LogP contribution in [0.1, 0.15) is 41.4 Å². The third-order valence-corrected chi connectivity index (χ3v) is 5.22. The zero-order chi connectivity index (χ0) is 19.0. The molecule has 0 radical (unpaired) electrons. The maximum Gasteiger partial charge on any atom is 0.259 e. The van der Waals surface area contributed by atoms with Crippen molar-refractivity contribution < 1.29 is 9.59 Å². The number of rotatable bonds is 5. The van der Waals surface area contributed by atoms with E-state index in [9.17, 15) is 9.59 Å². The largest absolute Gasteiger partial charge is 0.348 e. The van der Waals surface area contributed by atoms with Crippen molar-refractivity contribution in [3.8, 4) is 0 Å². The van der Waals surface area contributed by atoms with Crippen molar-refractivity contribution >= 4 is 28.3 Å². The van der Waals surface area contributed by atoms with Crippen LogP contribution in [-0.2, 0) is 11.2 Å². The highest BCUT2D eigenvalue weighted by Gasteiger charge is 2.31. The standard InChI is InChI=1S/C23H22N2O2/c1-3-16-10-12-17(13-11-16)15(2)24-21(26)14-25-20-9-5-7-18-6-4-8-19(22(18)20)23(25)27/h4-13,15H,3,14H2,1-2H3,(H,24,26). The van der Waals surface area contributed by atoms with Gasteiger partial charge in [-0.3, -0.25) is 14.5 Å². The topological polar surface area (TPSA) is 49.4 Å². The van der Waals surface area contributed by atoms with E-state index in [1.807, 2.05) is 55.5 Å². The lowest BCUT2D eigenvalue weighted by molar-refractivity contribution is -0.120. The molecule has 0 aromatic heterocycles. The van der Waals surface area contributed by atoms with E-state index in [0.29, 0.717) is 5.56 Å². The molecule has 2 amide bonds. The number of hydrogen-bond donors (Lipinski definition) is 1. The van der Waals surface area contributed by atoms with Crippen LogP contribution in [0.5, 0.6) is 0 Å². The van der Waals surface area contributed by atoms with E-state index in [2.05, 4.69) is 24.4 Å². The smallest absolute Gasteiger partial charge is 0.259 e. The number of hydrogen-bond acceptors (Lipinski definition) is 2. The van der Waals surface area contributed by atoms with Gasteiger partial charge in [-0.2, -0.15) is 0 Å². The number of nitrogens with zero attached hydrogens (tertiary/aromatic N) is 1. The summed E-state index contributed by atoms with van der Waals surface area (Å²) in [6, 6.07) is 19.6. The van der Waals surface area contributed by atoms with Crippen molar-refractivity contribution in [1.82, 2.24) is 5.32 Å². The molecule has 27 heavy (non-hydrogen) atoms. The summed E-state index contributed by atoms with van der Waals surface area (Å²) in [7, 11) is 0. The van der Waals surface area contributed by atoms with Crippen molar-refractivity contribution in [1.29, 1.82) is 0 Å². The minimum Gasteiger partial charge on any atom is -0.348 e. The molecular weight excluding hydrogens is 336 g/mol. The monoisotopic (exact) mass is 358 g/mol. The molecule has 4 rings (SSSR count). The Morgan fingerprint density at radius 1 is 1.04 bits per heavy atom. The third-order valence-electron chi connectivity index (χ3n) is 5.22. The van der Waals surface area contributed by atoms with E-state index in [0.717, 1.165) is 28.4 Å². The first-order valence-corrected chi connectivity index (χ1v) is 9.30. The summed E-state index contributed by atoms with van der Waals surface area (Å²) in [6.45, 7) is 4.09. The van der Waals surface area contributed by atoms with Crippen LogP contribution in [0.15, 0.2) is 60.7 Å². The van der Waals surface area contributed by atoms with Crippen molar-refractivity contribution in [2.75, 3.05) is 11.4 Å². The fourth-order valence-electron chi connectivity index (χ4n) is 3.69. The molecule has 1 aliphatic rings. The lowest BCUT2D eigenvalue weighted by atomic mass is 10.1. The average molecular weight is 358 g/mol. The van der Waals surface area contributed by atoms with Crippen LogP contribution in [0.4, 0.5) is 5.69 Å². The molecule has 1 unspecified atom stereocenters. The van der Waals surface area contributed by atoms with Gasteiger partial charge < -0.3 is 5.32 Å². The highest BCUT2D eigenvalue weighted by Crippen LogP contribution is 2.36. The molecule has 136 valence electrons. The van der Waals surface area contributed by atoms with Crippen LogP contribution < -0.4 is 10.2 Å². The predicted molar refractivity (Wildman–Crippen MR) is 108 cm³/mol. The summed E-state index contributed by atoms with van der Waals surface area (Å²) >= 11 is 0. The summed E-state index contributed by atoms with van der Waals surface area (Å²) in [4.78, 5) is 27.0. The van der Waals surface area contributed by atoms with Gasteiger partial charge in [-0.15, -0.1) is 0 Å². The Kier molecular flexibility index (Phi) is 4.40. The van der Waals surface area contributed by atoms with Crippen LogP contribution in [-0.4, -0.2) is 18.4 Å². The lowest BCUT2D eigenvalue weighted by Gasteiger charge is -2.20. The quantitative estimate of drug-likeness (QED) is 0.742. The SMILES string of the molecule is CCc1ccc(C(C)NC(=O)CN2C(=O)c3cccc4cccc2c34)cc1. The van der Waals surface area contributed by atoms with E-state index >= 15 is 0 Å². The number of carbonyl (C=O) groups is 2. The van der Waals surface area contributed by atoms with Crippen LogP contribution in [0.25, 0.3) is 10.8 Å². The Morgan fingerprint density at radius 3 is 2.44 bits per heavy atom. The Labute approximate surface area is 158 Å². The summed E-state index contributed by atoms with van der Waals surface area (Å²) in [5.41, 5.74) is 3.80. The van der Waals surface area contributed by atoms with E-state index in [1.54, 1.807) is 4.90 Å². The van der Waals surface area contributed by atoms with Crippen molar-refractivity contribution in [3.05, 3.63) is 77.4 Å². The molecule has 1 N–H and O–H groups in total. The van der Waals surface area contributed by atoms with Crippen LogP contribution in [0, 0.1) is 0 Å². The first-order valence-electron chi connectivity index (χ1n) is 9.30. The van der Waals surface area contributed by atoms with Gasteiger partial charge in [0.15, 0.2) is 0 Å². The molecule has 0 saturated carbocycles. The first-order chi connectivity index (χ1) is 13.1. The fourth-order valence-corrected chi connectivity index (χ4v) is 3.69. The van der Waals surface area contributed by atoms with Gasteiger partial charge in [-0.05, 0) is 42.0 Å². The molecule has 4 nitrogen and oxygen atoms in total. The minimum absolute atomic E-state index is 0.0179. The molecule has 0 bridgehead atoms. The summed E-state index contributed by atoms with van der Waals surface area (Å²) in [5.74, 6) is -0.280. The lowest BCUT2D eigenvalue weighted by Crippen LogP contribution is -2.39. The maximum absolute atomic E-state index is 12.8. The summed E-state index contributed by atoms with van der Waals surface area (Å²) in [5, 5.41) is 4.96. The second-order valence-corrected chi connectivity index (χ2v) is 6.96. The maximum atomic E-state index is 12.8. The average Bonchev–Trinajstić information content (AvgIpc) is 2.96. The summed E-state index contributed by atoms with van der Waals surface area (Å²) < 4.78 is 0. The highest BCUT2D eigenvalue weighted by atomic mass is 16.2. The van der Waals surface area contributed by atoms with Gasteiger partial charge in [0.25, 0.3) is 5.91 Å². The highest BCUT2D eigenvalue weighted by molar-refractivity contribution is 6.26. The van der Waals surface area contributed by atoms with Gasteiger partial charge in [-0.25, -0.2) is 0 Å². The van der Waals surface area contributed by atoms with E-state index in [1.165, 1.54) is 5.56 Å². The van der Waals surface area contributed by atoms with Crippen molar-refractivity contribution in [3.63, 3.8) is 0 Å². The Hall–Kier alpha value is -3.14. The van der Waals surface area contributed by atoms with Crippen LogP contribution in [0.3, 0.4) is 0 Å². The van der Waals surface area contributed by atoms with E-state index in [4.69, 9.17) is 0 Å². The van der Waals surface area contributed by atoms with Gasteiger partial charge in [0.1, 0.15) is 6.54 Å².